The Bertz CT molecular complexity index is 1010. The van der Waals surface area contributed by atoms with Gasteiger partial charge in [-0.1, -0.05) is 35.5 Å². The van der Waals surface area contributed by atoms with Gasteiger partial charge in [0.2, 0.25) is 0 Å². The molecule has 0 N–H and O–H groups in total. The lowest BCUT2D eigenvalue weighted by molar-refractivity contribution is 0.200. The zero-order valence-corrected chi connectivity index (χ0v) is 19.4. The Morgan fingerprint density at radius 1 is 0.969 bits per heavy atom. The highest BCUT2D eigenvalue weighted by Crippen LogP contribution is 2.28. The number of aromatic nitrogens is 1. The Balaban J connectivity index is 0.00000289. The summed E-state index contributed by atoms with van der Waals surface area (Å²) in [5.74, 6) is 2.55. The fourth-order valence-electron chi connectivity index (χ4n) is 3.77. The van der Waals surface area contributed by atoms with Crippen molar-refractivity contribution in [2.24, 2.45) is 0 Å². The predicted molar refractivity (Wildman–Crippen MR) is 131 cm³/mol. The summed E-state index contributed by atoms with van der Waals surface area (Å²) >= 11 is 0. The van der Waals surface area contributed by atoms with Gasteiger partial charge in [-0.3, -0.25) is 4.90 Å². The summed E-state index contributed by atoms with van der Waals surface area (Å²) < 4.78 is 16.9. The van der Waals surface area contributed by atoms with E-state index in [2.05, 4.69) is 27.1 Å². The van der Waals surface area contributed by atoms with Crippen LogP contribution in [-0.4, -0.2) is 56.5 Å². The molecule has 0 radical (unpaired) electrons. The Morgan fingerprint density at radius 2 is 1.69 bits per heavy atom. The molecule has 2 aromatic carbocycles. The quantitative estimate of drug-likeness (QED) is 0.487. The molecule has 1 saturated heterocycles. The number of hydrogen-bond donors (Lipinski definition) is 0. The molecule has 7 heteroatoms. The first-order chi connectivity index (χ1) is 15.2. The Kier molecular flexibility index (Phi) is 8.59. The molecule has 3 aromatic rings. The van der Waals surface area contributed by atoms with E-state index >= 15 is 0 Å². The van der Waals surface area contributed by atoms with Crippen LogP contribution in [0.15, 0.2) is 59.1 Å². The standard InChI is InChI=1S/C25H29N3O3.ClH/c1-20-19-22(31-26-20)12-11-21-7-3-5-9-24(21)30-18-17-27-13-15-28(16-14-27)23-8-4-6-10-25(23)29-2;/h3-12,19H,13-18H2,1-2H3;1H. The third kappa shape index (κ3) is 6.05. The molecule has 0 aliphatic carbocycles. The summed E-state index contributed by atoms with van der Waals surface area (Å²) in [5.41, 5.74) is 3.07. The maximum Gasteiger partial charge on any atom is 0.159 e. The van der Waals surface area contributed by atoms with Crippen LogP contribution in [0.4, 0.5) is 5.69 Å². The van der Waals surface area contributed by atoms with E-state index in [1.165, 1.54) is 5.69 Å². The van der Waals surface area contributed by atoms with Crippen LogP contribution in [0.5, 0.6) is 11.5 Å². The number of anilines is 1. The average molecular weight is 456 g/mol. The molecule has 1 aliphatic heterocycles. The highest BCUT2D eigenvalue weighted by Gasteiger charge is 2.19. The summed E-state index contributed by atoms with van der Waals surface area (Å²) in [7, 11) is 1.73. The number of aryl methyl sites for hydroxylation is 1. The van der Waals surface area contributed by atoms with Gasteiger partial charge in [0, 0.05) is 44.4 Å². The van der Waals surface area contributed by atoms with Crippen molar-refractivity contribution in [2.45, 2.75) is 6.92 Å². The predicted octanol–water partition coefficient (Wildman–Crippen LogP) is 4.78. The van der Waals surface area contributed by atoms with Crippen molar-refractivity contribution in [1.29, 1.82) is 0 Å². The second-order valence-electron chi connectivity index (χ2n) is 7.59. The van der Waals surface area contributed by atoms with Crippen molar-refractivity contribution in [3.05, 3.63) is 71.6 Å². The molecule has 0 spiro atoms. The van der Waals surface area contributed by atoms with Gasteiger partial charge in [-0.15, -0.1) is 12.4 Å². The van der Waals surface area contributed by atoms with E-state index < -0.39 is 0 Å². The highest BCUT2D eigenvalue weighted by atomic mass is 35.5. The molecular formula is C25H30ClN3O3. The number of benzene rings is 2. The molecule has 32 heavy (non-hydrogen) atoms. The number of piperazine rings is 1. The number of hydrogen-bond acceptors (Lipinski definition) is 6. The first-order valence-corrected chi connectivity index (χ1v) is 10.7. The number of ether oxygens (including phenoxy) is 2. The molecule has 4 rings (SSSR count). The number of rotatable bonds is 8. The monoisotopic (exact) mass is 455 g/mol. The lowest BCUT2D eigenvalue weighted by Gasteiger charge is -2.36. The van der Waals surface area contributed by atoms with Gasteiger partial charge in [-0.05, 0) is 37.3 Å². The van der Waals surface area contributed by atoms with Gasteiger partial charge < -0.3 is 18.9 Å². The normalized spacial score (nSPS) is 14.4. The Labute approximate surface area is 195 Å². The van der Waals surface area contributed by atoms with E-state index in [0.717, 1.165) is 61.2 Å². The van der Waals surface area contributed by atoms with Crippen LogP contribution in [0, 0.1) is 6.92 Å². The van der Waals surface area contributed by atoms with Crippen LogP contribution >= 0.6 is 12.4 Å². The summed E-state index contributed by atoms with van der Waals surface area (Å²) in [6, 6.07) is 18.2. The topological polar surface area (TPSA) is 51.0 Å². The minimum atomic E-state index is 0. The van der Waals surface area contributed by atoms with Crippen LogP contribution in [0.3, 0.4) is 0 Å². The second kappa shape index (κ2) is 11.6. The van der Waals surface area contributed by atoms with Crippen molar-refractivity contribution < 1.29 is 14.0 Å². The zero-order valence-electron chi connectivity index (χ0n) is 18.6. The van der Waals surface area contributed by atoms with Crippen LogP contribution in [0.2, 0.25) is 0 Å². The first-order valence-electron chi connectivity index (χ1n) is 10.7. The van der Waals surface area contributed by atoms with E-state index in [1.807, 2.05) is 61.5 Å². The maximum atomic E-state index is 6.11. The third-order valence-electron chi connectivity index (χ3n) is 5.46. The summed E-state index contributed by atoms with van der Waals surface area (Å²) in [4.78, 5) is 4.84. The van der Waals surface area contributed by atoms with Crippen LogP contribution in [-0.2, 0) is 0 Å². The lowest BCUT2D eigenvalue weighted by Crippen LogP contribution is -2.47. The molecule has 0 amide bonds. The van der Waals surface area contributed by atoms with Crippen LogP contribution < -0.4 is 14.4 Å². The van der Waals surface area contributed by atoms with Crippen LogP contribution in [0.1, 0.15) is 17.0 Å². The minimum absolute atomic E-state index is 0. The van der Waals surface area contributed by atoms with Crippen molar-refractivity contribution in [3.63, 3.8) is 0 Å². The third-order valence-corrected chi connectivity index (χ3v) is 5.46. The summed E-state index contributed by atoms with van der Waals surface area (Å²) in [5, 5.41) is 3.91. The first kappa shape index (κ1) is 23.7. The molecular weight excluding hydrogens is 426 g/mol. The van der Waals surface area contributed by atoms with Gasteiger partial charge in [0.05, 0.1) is 18.5 Å². The van der Waals surface area contributed by atoms with E-state index in [9.17, 15) is 0 Å². The highest BCUT2D eigenvalue weighted by molar-refractivity contribution is 5.85. The molecule has 0 saturated carbocycles. The van der Waals surface area contributed by atoms with Gasteiger partial charge in [0.1, 0.15) is 18.1 Å². The molecule has 1 fully saturated rings. The summed E-state index contributed by atoms with van der Waals surface area (Å²) in [6.07, 6.45) is 3.92. The van der Waals surface area contributed by atoms with Gasteiger partial charge in [-0.25, -0.2) is 0 Å². The van der Waals surface area contributed by atoms with Crippen molar-refractivity contribution in [3.8, 4) is 11.5 Å². The van der Waals surface area contributed by atoms with E-state index in [4.69, 9.17) is 14.0 Å². The molecule has 170 valence electrons. The SMILES string of the molecule is COc1ccccc1N1CCN(CCOc2ccccc2C=Cc2cc(C)no2)CC1.Cl. The Hall–Kier alpha value is -2.96. The number of nitrogens with zero attached hydrogens (tertiary/aromatic N) is 3. The summed E-state index contributed by atoms with van der Waals surface area (Å²) in [6.45, 7) is 7.45. The van der Waals surface area contributed by atoms with E-state index in [0.29, 0.717) is 6.61 Å². The number of para-hydroxylation sites is 3. The minimum Gasteiger partial charge on any atom is -0.495 e. The fourth-order valence-corrected chi connectivity index (χ4v) is 3.77. The molecule has 1 aromatic heterocycles. The van der Waals surface area contributed by atoms with Gasteiger partial charge >= 0.3 is 0 Å². The maximum absolute atomic E-state index is 6.11. The molecule has 0 atom stereocenters. The van der Waals surface area contributed by atoms with Gasteiger partial charge in [-0.2, -0.15) is 0 Å². The lowest BCUT2D eigenvalue weighted by atomic mass is 10.2. The van der Waals surface area contributed by atoms with Crippen molar-refractivity contribution in [2.75, 3.05) is 51.3 Å². The second-order valence-corrected chi connectivity index (χ2v) is 7.59. The number of methoxy groups -OCH3 is 1. The van der Waals surface area contributed by atoms with E-state index in [-0.39, 0.29) is 12.4 Å². The molecule has 1 aliphatic rings. The zero-order chi connectivity index (χ0) is 21.5. The Morgan fingerprint density at radius 3 is 2.41 bits per heavy atom. The molecule has 2 heterocycles. The van der Waals surface area contributed by atoms with Crippen molar-refractivity contribution >= 4 is 30.2 Å². The van der Waals surface area contributed by atoms with E-state index in [1.54, 1.807) is 7.11 Å². The van der Waals surface area contributed by atoms with Crippen LogP contribution in [0.25, 0.3) is 12.2 Å². The van der Waals surface area contributed by atoms with Gasteiger partial charge in [0.15, 0.2) is 5.76 Å². The largest absolute Gasteiger partial charge is 0.495 e. The smallest absolute Gasteiger partial charge is 0.159 e. The molecule has 0 unspecified atom stereocenters. The van der Waals surface area contributed by atoms with Crippen molar-refractivity contribution in [1.82, 2.24) is 10.1 Å². The molecule has 6 nitrogen and oxygen atoms in total. The van der Waals surface area contributed by atoms with Gasteiger partial charge in [0.25, 0.3) is 0 Å². The number of halogens is 1. The molecule has 0 bridgehead atoms. The average Bonchev–Trinajstić information content (AvgIpc) is 3.24. The fraction of sp³-hybridized carbons (Fsp3) is 0.320.